The summed E-state index contributed by atoms with van der Waals surface area (Å²) in [6.07, 6.45) is 3.46. The van der Waals surface area contributed by atoms with Crippen molar-refractivity contribution >= 4 is 21.8 Å². The van der Waals surface area contributed by atoms with Gasteiger partial charge in [-0.15, -0.1) is 0 Å². The number of nitrogens with one attached hydrogen (secondary N) is 1. The Morgan fingerprint density at radius 1 is 1.47 bits per heavy atom. The molecule has 1 aliphatic rings. The summed E-state index contributed by atoms with van der Waals surface area (Å²) in [5.41, 5.74) is 0.605. The molecule has 6 heteroatoms. The second-order valence-corrected chi connectivity index (χ2v) is 8.00. The average Bonchev–Trinajstić information content (AvgIpc) is 3.17. The minimum absolute atomic E-state index is 0.0922. The highest BCUT2D eigenvalue weighted by Gasteiger charge is 2.42. The van der Waals surface area contributed by atoms with Gasteiger partial charge in [-0.2, -0.15) is 11.8 Å². The van der Waals surface area contributed by atoms with E-state index in [-0.39, 0.29) is 9.64 Å². The second kappa shape index (κ2) is 5.44. The van der Waals surface area contributed by atoms with Gasteiger partial charge in [0.2, 0.25) is 10.0 Å². The minimum Gasteiger partial charge on any atom is -0.389 e. The summed E-state index contributed by atoms with van der Waals surface area (Å²) in [6, 6.07) is 6.44. The predicted octanol–water partition coefficient (Wildman–Crippen LogP) is 1.91. The van der Waals surface area contributed by atoms with Crippen LogP contribution in [0, 0.1) is 0 Å². The fraction of sp³-hybridized carbons (Fsp3) is 0.538. The van der Waals surface area contributed by atoms with Gasteiger partial charge in [0.15, 0.2) is 0 Å². The van der Waals surface area contributed by atoms with Crippen LogP contribution in [0.15, 0.2) is 29.2 Å². The molecule has 1 unspecified atom stereocenters. The van der Waals surface area contributed by atoms with Gasteiger partial charge in [0.05, 0.1) is 11.0 Å². The normalized spacial score (nSPS) is 19.1. The van der Waals surface area contributed by atoms with E-state index in [9.17, 15) is 13.5 Å². The van der Waals surface area contributed by atoms with E-state index in [4.69, 9.17) is 0 Å². The highest BCUT2D eigenvalue weighted by atomic mass is 32.2. The molecule has 2 rings (SSSR count). The average molecular weight is 301 g/mol. The highest BCUT2D eigenvalue weighted by molar-refractivity contribution is 8.00. The monoisotopic (exact) mass is 301 g/mol. The maximum absolute atomic E-state index is 12.2. The van der Waals surface area contributed by atoms with Gasteiger partial charge in [-0.25, -0.2) is 13.1 Å². The van der Waals surface area contributed by atoms with E-state index < -0.39 is 16.1 Å². The summed E-state index contributed by atoms with van der Waals surface area (Å²) < 4.78 is 27.1. The van der Waals surface area contributed by atoms with Gasteiger partial charge in [0, 0.05) is 11.3 Å². The molecule has 106 valence electrons. The highest BCUT2D eigenvalue weighted by Crippen LogP contribution is 2.46. The van der Waals surface area contributed by atoms with Gasteiger partial charge in [-0.1, -0.05) is 12.1 Å². The van der Waals surface area contributed by atoms with Gasteiger partial charge in [0.25, 0.3) is 0 Å². The molecule has 0 bridgehead atoms. The van der Waals surface area contributed by atoms with Crippen LogP contribution in [0.25, 0.3) is 0 Å². The van der Waals surface area contributed by atoms with Crippen molar-refractivity contribution in [1.82, 2.24) is 4.72 Å². The number of aliphatic hydroxyl groups excluding tert-OH is 1. The third-order valence-electron chi connectivity index (χ3n) is 3.48. The Balaban J connectivity index is 2.13. The summed E-state index contributed by atoms with van der Waals surface area (Å²) in [4.78, 5) is 0.211. The molecule has 0 aliphatic heterocycles. The summed E-state index contributed by atoms with van der Waals surface area (Å²) in [5, 5.41) is 9.50. The second-order valence-electron chi connectivity index (χ2n) is 4.96. The van der Waals surface area contributed by atoms with Crippen molar-refractivity contribution in [3.05, 3.63) is 29.8 Å². The first-order valence-electron chi connectivity index (χ1n) is 6.21. The van der Waals surface area contributed by atoms with Crippen LogP contribution >= 0.6 is 11.8 Å². The molecule has 1 saturated carbocycles. The summed E-state index contributed by atoms with van der Waals surface area (Å²) in [5.74, 6) is 0. The molecule has 1 aromatic carbocycles. The van der Waals surface area contributed by atoms with Crippen LogP contribution in [-0.2, 0) is 10.0 Å². The lowest BCUT2D eigenvalue weighted by atomic mass is 10.1. The van der Waals surface area contributed by atoms with Crippen LogP contribution in [0.2, 0.25) is 0 Å². The number of sulfonamides is 1. The summed E-state index contributed by atoms with van der Waals surface area (Å²) in [7, 11) is -3.49. The standard InChI is InChI=1S/C13H19NO3S2/c1-10(15)11-4-3-5-12(8-11)19(16,17)14-9-13(18-2)6-7-13/h3-5,8,10,14-15H,6-7,9H2,1-2H3. The van der Waals surface area contributed by atoms with E-state index in [1.807, 2.05) is 6.26 Å². The van der Waals surface area contributed by atoms with Gasteiger partial charge in [-0.3, -0.25) is 0 Å². The van der Waals surface area contributed by atoms with E-state index in [1.54, 1.807) is 36.9 Å². The van der Waals surface area contributed by atoms with Crippen molar-refractivity contribution in [1.29, 1.82) is 0 Å². The lowest BCUT2D eigenvalue weighted by Gasteiger charge is -2.14. The number of hydrogen-bond acceptors (Lipinski definition) is 4. The van der Waals surface area contributed by atoms with Crippen molar-refractivity contribution < 1.29 is 13.5 Å². The van der Waals surface area contributed by atoms with Gasteiger partial charge >= 0.3 is 0 Å². The van der Waals surface area contributed by atoms with Crippen LogP contribution in [0.5, 0.6) is 0 Å². The van der Waals surface area contributed by atoms with E-state index in [1.165, 1.54) is 6.07 Å². The molecule has 1 fully saturated rings. The zero-order valence-corrected chi connectivity index (χ0v) is 12.7. The van der Waals surface area contributed by atoms with E-state index in [0.717, 1.165) is 12.8 Å². The molecule has 0 aromatic heterocycles. The number of hydrogen-bond donors (Lipinski definition) is 2. The Morgan fingerprint density at radius 2 is 2.16 bits per heavy atom. The van der Waals surface area contributed by atoms with E-state index >= 15 is 0 Å². The fourth-order valence-corrected chi connectivity index (χ4v) is 3.84. The van der Waals surface area contributed by atoms with Crippen LogP contribution in [0.1, 0.15) is 31.4 Å². The molecule has 19 heavy (non-hydrogen) atoms. The Labute approximate surface area is 118 Å². The van der Waals surface area contributed by atoms with Gasteiger partial charge in [-0.05, 0) is 43.7 Å². The van der Waals surface area contributed by atoms with Crippen LogP contribution in [0.4, 0.5) is 0 Å². The van der Waals surface area contributed by atoms with E-state index in [2.05, 4.69) is 4.72 Å². The van der Waals surface area contributed by atoms with Crippen molar-refractivity contribution in [2.75, 3.05) is 12.8 Å². The maximum Gasteiger partial charge on any atom is 0.240 e. The van der Waals surface area contributed by atoms with Crippen LogP contribution < -0.4 is 4.72 Å². The maximum atomic E-state index is 12.2. The molecule has 1 atom stereocenters. The largest absolute Gasteiger partial charge is 0.389 e. The number of thioether (sulfide) groups is 1. The summed E-state index contributed by atoms with van der Waals surface area (Å²) >= 11 is 1.72. The lowest BCUT2D eigenvalue weighted by molar-refractivity contribution is 0.199. The van der Waals surface area contributed by atoms with Gasteiger partial charge in [0.1, 0.15) is 0 Å². The molecule has 2 N–H and O–H groups in total. The van der Waals surface area contributed by atoms with Crippen molar-refractivity contribution in [3.8, 4) is 0 Å². The van der Waals surface area contributed by atoms with Crippen molar-refractivity contribution in [2.24, 2.45) is 0 Å². The smallest absolute Gasteiger partial charge is 0.240 e. The summed E-state index contributed by atoms with van der Waals surface area (Å²) in [6.45, 7) is 2.08. The Hall–Kier alpha value is -0.560. The first kappa shape index (κ1) is 14.8. The number of benzene rings is 1. The topological polar surface area (TPSA) is 66.4 Å². The third kappa shape index (κ3) is 3.51. The van der Waals surface area contributed by atoms with E-state index in [0.29, 0.717) is 12.1 Å². The lowest BCUT2D eigenvalue weighted by Crippen LogP contribution is -2.31. The molecule has 1 aromatic rings. The molecule has 4 nitrogen and oxygen atoms in total. The Bertz CT molecular complexity index is 551. The molecule has 0 radical (unpaired) electrons. The molecule has 1 aliphatic carbocycles. The first-order valence-corrected chi connectivity index (χ1v) is 8.92. The zero-order valence-electron chi connectivity index (χ0n) is 11.1. The minimum atomic E-state index is -3.49. The molecule has 0 spiro atoms. The zero-order chi connectivity index (χ0) is 14.1. The molecule has 0 amide bonds. The van der Waals surface area contributed by atoms with Crippen LogP contribution in [0.3, 0.4) is 0 Å². The quantitative estimate of drug-likeness (QED) is 0.842. The van der Waals surface area contributed by atoms with Crippen LogP contribution in [-0.4, -0.2) is 31.1 Å². The SMILES string of the molecule is CSC1(CNS(=O)(=O)c2cccc(C(C)O)c2)CC1. The number of rotatable bonds is 6. The Kier molecular flexibility index (Phi) is 4.25. The molecular weight excluding hydrogens is 282 g/mol. The van der Waals surface area contributed by atoms with Crippen molar-refractivity contribution in [3.63, 3.8) is 0 Å². The first-order chi connectivity index (χ1) is 8.88. The van der Waals surface area contributed by atoms with Gasteiger partial charge < -0.3 is 5.11 Å². The number of aliphatic hydroxyl groups is 1. The molecular formula is C13H19NO3S2. The third-order valence-corrected chi connectivity index (χ3v) is 6.29. The molecule has 0 saturated heterocycles. The Morgan fingerprint density at radius 3 is 2.68 bits per heavy atom. The fourth-order valence-electron chi connectivity index (χ4n) is 1.84. The molecule has 0 heterocycles. The predicted molar refractivity (Wildman–Crippen MR) is 77.7 cm³/mol. The van der Waals surface area contributed by atoms with Crippen molar-refractivity contribution in [2.45, 2.75) is 35.5 Å².